The molecule has 6 heteroatoms. The van der Waals surface area contributed by atoms with E-state index in [1.807, 2.05) is 11.4 Å². The van der Waals surface area contributed by atoms with Crippen molar-refractivity contribution in [3.8, 4) is 0 Å². The molecule has 2 rings (SSSR count). The van der Waals surface area contributed by atoms with E-state index in [2.05, 4.69) is 4.98 Å². The number of carbonyl (C=O) groups is 1. The Kier molecular flexibility index (Phi) is 4.02. The van der Waals surface area contributed by atoms with Crippen LogP contribution in [0.25, 0.3) is 0 Å². The van der Waals surface area contributed by atoms with Crippen LogP contribution < -0.4 is 5.32 Å². The largest absolute Gasteiger partial charge is 0.444 e. The van der Waals surface area contributed by atoms with Crippen molar-refractivity contribution >= 4 is 11.9 Å². The zero-order valence-electron chi connectivity index (χ0n) is 9.77. The first-order valence-electron chi connectivity index (χ1n) is 5.45. The topological polar surface area (TPSA) is 51.2 Å². The molecule has 0 atom stereocenters. The number of rotatable bonds is 3. The molecule has 1 N–H and O–H groups in total. The summed E-state index contributed by atoms with van der Waals surface area (Å²) in [5.74, 6) is -2.23. The lowest BCUT2D eigenvalue weighted by Gasteiger charge is -2.07. The number of nitrogens with one attached hydrogen (secondary N) is 1. The second-order valence-electron chi connectivity index (χ2n) is 3.65. The van der Waals surface area contributed by atoms with Gasteiger partial charge in [0.05, 0.1) is 0 Å². The summed E-state index contributed by atoms with van der Waals surface area (Å²) in [5, 5.41) is 2.03. The van der Waals surface area contributed by atoms with Gasteiger partial charge in [0.2, 0.25) is 5.95 Å². The van der Waals surface area contributed by atoms with E-state index in [0.717, 1.165) is 17.7 Å². The summed E-state index contributed by atoms with van der Waals surface area (Å²) in [6.07, 6.45) is -0.902. The molecule has 0 aliphatic rings. The summed E-state index contributed by atoms with van der Waals surface area (Å²) in [5.41, 5.74) is 0.783. The summed E-state index contributed by atoms with van der Waals surface area (Å²) >= 11 is 0. The van der Waals surface area contributed by atoms with Crippen molar-refractivity contribution in [2.24, 2.45) is 0 Å². The number of pyridine rings is 1. The van der Waals surface area contributed by atoms with E-state index in [-0.39, 0.29) is 6.61 Å². The van der Waals surface area contributed by atoms with Gasteiger partial charge >= 0.3 is 6.09 Å². The number of carbonyl (C=O) groups excluding carboxylic acids is 1. The summed E-state index contributed by atoms with van der Waals surface area (Å²) in [4.78, 5) is 14.6. The first-order chi connectivity index (χ1) is 9.15. The maximum absolute atomic E-state index is 13.2. The monoisotopic (exact) mass is 264 g/mol. The van der Waals surface area contributed by atoms with Gasteiger partial charge in [0.25, 0.3) is 0 Å². The average molecular weight is 264 g/mol. The highest BCUT2D eigenvalue weighted by atomic mass is 19.1. The number of aromatic nitrogens is 1. The van der Waals surface area contributed by atoms with E-state index in [9.17, 15) is 13.6 Å². The maximum Gasteiger partial charge on any atom is 0.413 e. The SMILES string of the molecule is O=C(Nc1nc(F)ccc1F)OCc1ccccc1. The molecule has 1 amide bonds. The molecule has 0 aliphatic heterocycles. The highest BCUT2D eigenvalue weighted by molar-refractivity contribution is 5.83. The van der Waals surface area contributed by atoms with Gasteiger partial charge in [-0.1, -0.05) is 30.3 Å². The molecule has 1 aromatic heterocycles. The Hall–Kier alpha value is -2.50. The molecular formula is C13H10F2N2O2. The Morgan fingerprint density at radius 1 is 1.16 bits per heavy atom. The molecule has 1 aromatic carbocycles. The zero-order valence-corrected chi connectivity index (χ0v) is 9.77. The van der Waals surface area contributed by atoms with Gasteiger partial charge in [-0.05, 0) is 17.7 Å². The number of halogens is 2. The molecule has 0 bridgehead atoms. The standard InChI is InChI=1S/C13H10F2N2O2/c14-10-6-7-11(15)16-12(10)17-13(18)19-8-9-4-2-1-3-5-9/h1-7H,8H2,(H,16,17,18). The predicted molar refractivity (Wildman–Crippen MR) is 64.4 cm³/mol. The van der Waals surface area contributed by atoms with Crippen molar-refractivity contribution < 1.29 is 18.3 Å². The van der Waals surface area contributed by atoms with Crippen LogP contribution in [0.15, 0.2) is 42.5 Å². The van der Waals surface area contributed by atoms with Gasteiger partial charge in [-0.2, -0.15) is 9.37 Å². The fourth-order valence-electron chi connectivity index (χ4n) is 1.36. The number of hydrogen-bond acceptors (Lipinski definition) is 3. The van der Waals surface area contributed by atoms with E-state index >= 15 is 0 Å². The molecular weight excluding hydrogens is 254 g/mol. The van der Waals surface area contributed by atoms with Gasteiger partial charge in [-0.3, -0.25) is 5.32 Å². The molecule has 98 valence electrons. The molecule has 19 heavy (non-hydrogen) atoms. The van der Waals surface area contributed by atoms with Crippen LogP contribution >= 0.6 is 0 Å². The van der Waals surface area contributed by atoms with Crippen LogP contribution in [0.4, 0.5) is 19.4 Å². The Morgan fingerprint density at radius 3 is 2.63 bits per heavy atom. The second kappa shape index (κ2) is 5.90. The Bertz CT molecular complexity index is 576. The molecule has 0 spiro atoms. The van der Waals surface area contributed by atoms with E-state index in [1.165, 1.54) is 0 Å². The minimum Gasteiger partial charge on any atom is -0.444 e. The minimum atomic E-state index is -0.902. The lowest BCUT2D eigenvalue weighted by molar-refractivity contribution is 0.155. The fourth-order valence-corrected chi connectivity index (χ4v) is 1.36. The molecule has 0 saturated heterocycles. The lowest BCUT2D eigenvalue weighted by Crippen LogP contribution is -2.16. The highest BCUT2D eigenvalue weighted by Gasteiger charge is 2.10. The Balaban J connectivity index is 1.93. The smallest absolute Gasteiger partial charge is 0.413 e. The predicted octanol–water partition coefficient (Wildman–Crippen LogP) is 3.11. The lowest BCUT2D eigenvalue weighted by atomic mass is 10.2. The number of benzene rings is 1. The average Bonchev–Trinajstić information content (AvgIpc) is 2.42. The van der Waals surface area contributed by atoms with Gasteiger partial charge in [-0.15, -0.1) is 0 Å². The van der Waals surface area contributed by atoms with Crippen molar-refractivity contribution in [3.63, 3.8) is 0 Å². The van der Waals surface area contributed by atoms with Gasteiger partial charge in [-0.25, -0.2) is 9.18 Å². The molecule has 0 unspecified atom stereocenters. The molecule has 1 heterocycles. The van der Waals surface area contributed by atoms with Gasteiger partial charge in [0, 0.05) is 0 Å². The molecule has 2 aromatic rings. The molecule has 0 radical (unpaired) electrons. The van der Waals surface area contributed by atoms with Gasteiger partial charge < -0.3 is 4.74 Å². The minimum absolute atomic E-state index is 0.0314. The van der Waals surface area contributed by atoms with Crippen molar-refractivity contribution in [2.45, 2.75) is 6.61 Å². The molecule has 4 nitrogen and oxygen atoms in total. The third kappa shape index (κ3) is 3.74. The van der Waals surface area contributed by atoms with Gasteiger partial charge in [0.15, 0.2) is 11.6 Å². The second-order valence-corrected chi connectivity index (χ2v) is 3.65. The van der Waals surface area contributed by atoms with Gasteiger partial charge in [0.1, 0.15) is 6.61 Å². The Labute approximate surface area is 108 Å². The quantitative estimate of drug-likeness (QED) is 0.866. The normalized spacial score (nSPS) is 10.0. The van der Waals surface area contributed by atoms with Crippen LogP contribution in [0.3, 0.4) is 0 Å². The summed E-state index contributed by atoms with van der Waals surface area (Å²) in [7, 11) is 0. The van der Waals surface area contributed by atoms with Crippen molar-refractivity contribution in [1.82, 2.24) is 4.98 Å². The van der Waals surface area contributed by atoms with Crippen LogP contribution in [0.5, 0.6) is 0 Å². The molecule has 0 aliphatic carbocycles. The van der Waals surface area contributed by atoms with Crippen LogP contribution in [-0.4, -0.2) is 11.1 Å². The first kappa shape index (κ1) is 12.9. The van der Waals surface area contributed by atoms with Crippen molar-refractivity contribution in [2.75, 3.05) is 5.32 Å². The van der Waals surface area contributed by atoms with Crippen molar-refractivity contribution in [3.05, 3.63) is 59.8 Å². The van der Waals surface area contributed by atoms with Crippen LogP contribution in [0.2, 0.25) is 0 Å². The Morgan fingerprint density at radius 2 is 1.89 bits per heavy atom. The number of hydrogen-bond donors (Lipinski definition) is 1. The number of anilines is 1. The molecule has 0 saturated carbocycles. The third-order valence-corrected chi connectivity index (χ3v) is 2.25. The third-order valence-electron chi connectivity index (χ3n) is 2.25. The van der Waals surface area contributed by atoms with Crippen LogP contribution in [0, 0.1) is 11.8 Å². The van der Waals surface area contributed by atoms with E-state index in [4.69, 9.17) is 4.74 Å². The number of ether oxygens (including phenoxy) is 1. The first-order valence-corrected chi connectivity index (χ1v) is 5.45. The van der Waals surface area contributed by atoms with E-state index in [1.54, 1.807) is 24.3 Å². The maximum atomic E-state index is 13.2. The number of nitrogens with zero attached hydrogens (tertiary/aromatic N) is 1. The van der Waals surface area contributed by atoms with Crippen LogP contribution in [0.1, 0.15) is 5.56 Å². The van der Waals surface area contributed by atoms with E-state index < -0.39 is 23.7 Å². The number of amides is 1. The summed E-state index contributed by atoms with van der Waals surface area (Å²) in [6, 6.07) is 10.7. The summed E-state index contributed by atoms with van der Waals surface area (Å²) in [6.45, 7) is 0.0314. The van der Waals surface area contributed by atoms with Crippen molar-refractivity contribution in [1.29, 1.82) is 0 Å². The summed E-state index contributed by atoms with van der Waals surface area (Å²) < 4.78 is 30.8. The van der Waals surface area contributed by atoms with Crippen LogP contribution in [-0.2, 0) is 11.3 Å². The molecule has 0 fully saturated rings. The van der Waals surface area contributed by atoms with E-state index in [0.29, 0.717) is 0 Å². The highest BCUT2D eigenvalue weighted by Crippen LogP contribution is 2.11. The zero-order chi connectivity index (χ0) is 13.7. The fraction of sp³-hybridized carbons (Fsp3) is 0.0769.